The number of hydrogen-bond donors (Lipinski definition) is 1. The van der Waals surface area contributed by atoms with Gasteiger partial charge >= 0.3 is 0 Å². The molecule has 1 aliphatic carbocycles. The lowest BCUT2D eigenvalue weighted by Crippen LogP contribution is -2.32. The minimum atomic E-state index is -0.0549. The highest BCUT2D eigenvalue weighted by Gasteiger charge is 2.18. The Morgan fingerprint density at radius 3 is 2.88 bits per heavy atom. The van der Waals surface area contributed by atoms with Crippen molar-refractivity contribution in [2.45, 2.75) is 44.9 Å². The van der Waals surface area contributed by atoms with Gasteiger partial charge in [-0.1, -0.05) is 0 Å². The van der Waals surface area contributed by atoms with Gasteiger partial charge in [-0.3, -0.25) is 4.79 Å². The van der Waals surface area contributed by atoms with Crippen LogP contribution in [0.15, 0.2) is 22.6 Å². The van der Waals surface area contributed by atoms with Crippen LogP contribution in [0.1, 0.15) is 43.4 Å². The van der Waals surface area contributed by atoms with E-state index in [0.29, 0.717) is 6.54 Å². The van der Waals surface area contributed by atoms with Gasteiger partial charge in [-0.2, -0.15) is 0 Å². The summed E-state index contributed by atoms with van der Waals surface area (Å²) in [5, 5.41) is 4.09. The van der Waals surface area contributed by atoms with Crippen LogP contribution in [0.25, 0.3) is 11.0 Å². The molecule has 2 aliphatic rings. The highest BCUT2D eigenvalue weighted by atomic mass is 16.5. The largest absolute Gasteiger partial charge is 0.484 e. The monoisotopic (exact) mass is 356 g/mol. The molecular weight excluding hydrogens is 328 g/mol. The van der Waals surface area contributed by atoms with Crippen LogP contribution in [0.3, 0.4) is 0 Å². The topological polar surface area (TPSA) is 54.7 Å². The normalized spacial score (nSPS) is 17.4. The van der Waals surface area contributed by atoms with E-state index >= 15 is 0 Å². The number of benzene rings is 1. The Morgan fingerprint density at radius 2 is 2.00 bits per heavy atom. The number of aryl methyl sites for hydroxylation is 2. The standard InChI is InChI=1S/C21H28N2O3/c24-21(22-10-5-13-23-11-3-4-12-23)15-25-16-8-9-20-18(14-16)17-6-1-2-7-19(17)26-20/h8-9,14H,1-7,10-13,15H2,(H,22,24). The quantitative estimate of drug-likeness (QED) is 0.774. The second-order valence-electron chi connectivity index (χ2n) is 7.41. The highest BCUT2D eigenvalue weighted by molar-refractivity contribution is 5.84. The number of nitrogens with zero attached hydrogens (tertiary/aromatic N) is 1. The molecule has 2 aromatic rings. The summed E-state index contributed by atoms with van der Waals surface area (Å²) in [6, 6.07) is 5.86. The number of carbonyl (C=O) groups excluding carboxylic acids is 1. The first-order chi connectivity index (χ1) is 12.8. The highest BCUT2D eigenvalue weighted by Crippen LogP contribution is 2.33. The Labute approximate surface area is 154 Å². The lowest BCUT2D eigenvalue weighted by molar-refractivity contribution is -0.123. The Bertz CT molecular complexity index is 762. The molecule has 1 fully saturated rings. The Kier molecular flexibility index (Phi) is 5.44. The van der Waals surface area contributed by atoms with Crippen molar-refractivity contribution in [1.29, 1.82) is 0 Å². The van der Waals surface area contributed by atoms with E-state index in [9.17, 15) is 4.79 Å². The molecule has 26 heavy (non-hydrogen) atoms. The minimum absolute atomic E-state index is 0.0549. The summed E-state index contributed by atoms with van der Waals surface area (Å²) >= 11 is 0. The van der Waals surface area contributed by atoms with E-state index in [1.54, 1.807) is 0 Å². The molecule has 0 radical (unpaired) electrons. The fraction of sp³-hybridized carbons (Fsp3) is 0.571. The van der Waals surface area contributed by atoms with Gasteiger partial charge in [-0.25, -0.2) is 0 Å². The predicted molar refractivity (Wildman–Crippen MR) is 102 cm³/mol. The molecule has 5 nitrogen and oxygen atoms in total. The average Bonchev–Trinajstić information content (AvgIpc) is 3.31. The number of carbonyl (C=O) groups is 1. The van der Waals surface area contributed by atoms with Crippen molar-refractivity contribution in [1.82, 2.24) is 10.2 Å². The molecule has 0 saturated carbocycles. The Balaban J connectivity index is 1.25. The van der Waals surface area contributed by atoms with Crippen molar-refractivity contribution >= 4 is 16.9 Å². The van der Waals surface area contributed by atoms with Gasteiger partial charge in [-0.05, 0) is 76.4 Å². The van der Waals surface area contributed by atoms with E-state index in [0.717, 1.165) is 48.3 Å². The smallest absolute Gasteiger partial charge is 0.257 e. The van der Waals surface area contributed by atoms with Crippen LogP contribution in [0.5, 0.6) is 5.75 Å². The van der Waals surface area contributed by atoms with Gasteiger partial charge in [0.2, 0.25) is 0 Å². The predicted octanol–water partition coefficient (Wildman–Crippen LogP) is 3.29. The lowest BCUT2D eigenvalue weighted by Gasteiger charge is -2.14. The van der Waals surface area contributed by atoms with Crippen LogP contribution >= 0.6 is 0 Å². The maximum Gasteiger partial charge on any atom is 0.257 e. The molecule has 0 unspecified atom stereocenters. The van der Waals surface area contributed by atoms with Crippen molar-refractivity contribution in [3.8, 4) is 5.75 Å². The van der Waals surface area contributed by atoms with Gasteiger partial charge in [0.1, 0.15) is 17.1 Å². The van der Waals surface area contributed by atoms with Crippen molar-refractivity contribution in [2.75, 3.05) is 32.8 Å². The van der Waals surface area contributed by atoms with Crippen molar-refractivity contribution < 1.29 is 13.9 Å². The zero-order valence-electron chi connectivity index (χ0n) is 15.4. The average molecular weight is 356 g/mol. The van der Waals surface area contributed by atoms with Crippen LogP contribution in [-0.4, -0.2) is 43.6 Å². The number of hydrogen-bond acceptors (Lipinski definition) is 4. The molecule has 140 valence electrons. The summed E-state index contributed by atoms with van der Waals surface area (Å²) < 4.78 is 11.6. The van der Waals surface area contributed by atoms with Crippen molar-refractivity contribution in [3.05, 3.63) is 29.5 Å². The SMILES string of the molecule is O=C(COc1ccc2oc3c(c2c1)CCCC3)NCCCN1CCCC1. The van der Waals surface area contributed by atoms with Gasteiger partial charge < -0.3 is 19.4 Å². The zero-order chi connectivity index (χ0) is 17.8. The third-order valence-electron chi connectivity index (χ3n) is 5.47. The van der Waals surface area contributed by atoms with Crippen LogP contribution in [-0.2, 0) is 17.6 Å². The minimum Gasteiger partial charge on any atom is -0.484 e. The third-order valence-corrected chi connectivity index (χ3v) is 5.47. The molecule has 1 N–H and O–H groups in total. The van der Waals surface area contributed by atoms with Crippen LogP contribution in [0.4, 0.5) is 0 Å². The maximum absolute atomic E-state index is 12.0. The first-order valence-corrected chi connectivity index (χ1v) is 9.96. The van der Waals surface area contributed by atoms with E-state index in [4.69, 9.17) is 9.15 Å². The summed E-state index contributed by atoms with van der Waals surface area (Å²) in [5.74, 6) is 1.80. The molecule has 0 spiro atoms. The van der Waals surface area contributed by atoms with E-state index in [-0.39, 0.29) is 12.5 Å². The number of rotatable bonds is 7. The second kappa shape index (κ2) is 8.12. The molecule has 0 bridgehead atoms. The number of nitrogens with one attached hydrogen (secondary N) is 1. The van der Waals surface area contributed by atoms with Gasteiger partial charge in [0, 0.05) is 23.9 Å². The molecule has 1 aromatic heterocycles. The Morgan fingerprint density at radius 1 is 1.15 bits per heavy atom. The fourth-order valence-corrected chi connectivity index (χ4v) is 4.07. The summed E-state index contributed by atoms with van der Waals surface area (Å²) in [5.41, 5.74) is 2.25. The van der Waals surface area contributed by atoms with E-state index in [1.165, 1.54) is 44.3 Å². The molecule has 0 atom stereocenters. The second-order valence-corrected chi connectivity index (χ2v) is 7.41. The van der Waals surface area contributed by atoms with Crippen molar-refractivity contribution in [3.63, 3.8) is 0 Å². The molecule has 2 heterocycles. The number of likely N-dealkylation sites (tertiary alicyclic amines) is 1. The zero-order valence-corrected chi connectivity index (χ0v) is 15.4. The maximum atomic E-state index is 12.0. The molecule has 4 rings (SSSR count). The van der Waals surface area contributed by atoms with Gasteiger partial charge in [0.05, 0.1) is 0 Å². The molecule has 5 heteroatoms. The van der Waals surface area contributed by atoms with Gasteiger partial charge in [0.25, 0.3) is 5.91 Å². The van der Waals surface area contributed by atoms with Crippen LogP contribution < -0.4 is 10.1 Å². The lowest BCUT2D eigenvalue weighted by atomic mass is 9.96. The van der Waals surface area contributed by atoms with E-state index in [1.807, 2.05) is 18.2 Å². The number of fused-ring (bicyclic) bond motifs is 3. The number of furan rings is 1. The third kappa shape index (κ3) is 4.04. The van der Waals surface area contributed by atoms with E-state index < -0.39 is 0 Å². The fourth-order valence-electron chi connectivity index (χ4n) is 4.07. The molecule has 1 amide bonds. The van der Waals surface area contributed by atoms with Crippen molar-refractivity contribution in [2.24, 2.45) is 0 Å². The molecule has 1 aliphatic heterocycles. The number of ether oxygens (including phenoxy) is 1. The number of amides is 1. The summed E-state index contributed by atoms with van der Waals surface area (Å²) in [6.07, 6.45) is 8.14. The summed E-state index contributed by atoms with van der Waals surface area (Å²) in [4.78, 5) is 14.5. The summed E-state index contributed by atoms with van der Waals surface area (Å²) in [6.45, 7) is 4.26. The first kappa shape index (κ1) is 17.4. The van der Waals surface area contributed by atoms with Crippen LogP contribution in [0, 0.1) is 0 Å². The molecular formula is C21H28N2O3. The van der Waals surface area contributed by atoms with Gasteiger partial charge in [0.15, 0.2) is 6.61 Å². The molecule has 1 aromatic carbocycles. The van der Waals surface area contributed by atoms with E-state index in [2.05, 4.69) is 10.2 Å². The molecule has 1 saturated heterocycles. The summed E-state index contributed by atoms with van der Waals surface area (Å²) in [7, 11) is 0. The van der Waals surface area contributed by atoms with Gasteiger partial charge in [-0.15, -0.1) is 0 Å². The Hall–Kier alpha value is -2.01. The van der Waals surface area contributed by atoms with Crippen LogP contribution in [0.2, 0.25) is 0 Å². The first-order valence-electron chi connectivity index (χ1n) is 9.96.